The van der Waals surface area contributed by atoms with Crippen molar-refractivity contribution >= 4 is 11.4 Å². The minimum absolute atomic E-state index is 0.106. The summed E-state index contributed by atoms with van der Waals surface area (Å²) in [6, 6.07) is 5.93. The van der Waals surface area contributed by atoms with Crippen molar-refractivity contribution in [3.05, 3.63) is 48.0 Å². The number of hydrogen-bond acceptors (Lipinski definition) is 4. The zero-order valence-electron chi connectivity index (χ0n) is 14.7. The number of alkyl halides is 6. The van der Waals surface area contributed by atoms with E-state index in [1.54, 1.807) is 0 Å². The Balaban J connectivity index is 2.22. The van der Waals surface area contributed by atoms with E-state index < -0.39 is 24.6 Å². The van der Waals surface area contributed by atoms with Crippen LogP contribution in [0, 0.1) is 0 Å². The summed E-state index contributed by atoms with van der Waals surface area (Å²) in [7, 11) is 2.61. The molecule has 0 aromatic heterocycles. The van der Waals surface area contributed by atoms with Gasteiger partial charge in [-0.05, 0) is 42.5 Å². The third-order valence-corrected chi connectivity index (χ3v) is 4.39. The molecule has 2 unspecified atom stereocenters. The molecule has 10 heteroatoms. The van der Waals surface area contributed by atoms with E-state index in [-0.39, 0.29) is 27.6 Å². The van der Waals surface area contributed by atoms with Crippen LogP contribution in [0.25, 0.3) is 0 Å². The van der Waals surface area contributed by atoms with Crippen molar-refractivity contribution < 1.29 is 35.8 Å². The molecule has 3 rings (SSSR count). The SMILES string of the molecule is COc1ccc(N2C(C(F)(F)F)Nc3ccc(OC)cc3C2C(F)(F)F)cc1. The van der Waals surface area contributed by atoms with Gasteiger partial charge in [0.2, 0.25) is 0 Å². The van der Waals surface area contributed by atoms with Crippen molar-refractivity contribution in [3.63, 3.8) is 0 Å². The maximum absolute atomic E-state index is 14.0. The van der Waals surface area contributed by atoms with E-state index in [9.17, 15) is 26.3 Å². The van der Waals surface area contributed by atoms with Crippen molar-refractivity contribution in [2.75, 3.05) is 24.4 Å². The quantitative estimate of drug-likeness (QED) is 0.717. The topological polar surface area (TPSA) is 33.7 Å². The van der Waals surface area contributed by atoms with Crippen molar-refractivity contribution in [2.45, 2.75) is 24.6 Å². The molecule has 1 aliphatic heterocycles. The zero-order chi connectivity index (χ0) is 20.7. The van der Waals surface area contributed by atoms with Crippen LogP contribution in [-0.2, 0) is 0 Å². The van der Waals surface area contributed by atoms with Gasteiger partial charge in [-0.1, -0.05) is 0 Å². The monoisotopic (exact) mass is 406 g/mol. The summed E-state index contributed by atoms with van der Waals surface area (Å²) in [5, 5.41) is 2.18. The van der Waals surface area contributed by atoms with Crippen LogP contribution in [0.15, 0.2) is 42.5 Å². The molecule has 4 nitrogen and oxygen atoms in total. The largest absolute Gasteiger partial charge is 0.497 e. The molecule has 152 valence electrons. The number of halogens is 6. The summed E-state index contributed by atoms with van der Waals surface area (Å²) >= 11 is 0. The number of nitrogens with zero attached hydrogens (tertiary/aromatic N) is 1. The Kier molecular flexibility index (Phi) is 4.99. The van der Waals surface area contributed by atoms with Crippen LogP contribution < -0.4 is 19.7 Å². The molecule has 0 spiro atoms. The lowest BCUT2D eigenvalue weighted by Crippen LogP contribution is -2.58. The number of rotatable bonds is 3. The number of hydrogen-bond donors (Lipinski definition) is 1. The number of anilines is 2. The molecule has 0 saturated carbocycles. The Morgan fingerprint density at radius 3 is 1.89 bits per heavy atom. The highest BCUT2D eigenvalue weighted by Gasteiger charge is 2.57. The standard InChI is InChI=1S/C18H16F6N2O2/c1-27-11-5-3-10(4-6-11)26-15(17(19,20)21)13-9-12(28-2)7-8-14(13)25-16(26)18(22,23)24/h3-9,15-16,25H,1-2H3. The lowest BCUT2D eigenvalue weighted by molar-refractivity contribution is -0.173. The molecule has 0 saturated heterocycles. The molecule has 0 radical (unpaired) electrons. The molecule has 1 aliphatic rings. The molecule has 2 atom stereocenters. The number of fused-ring (bicyclic) bond motifs is 1. The highest BCUT2D eigenvalue weighted by Crippen LogP contribution is 2.50. The van der Waals surface area contributed by atoms with Gasteiger partial charge in [-0.3, -0.25) is 0 Å². The molecular weight excluding hydrogens is 390 g/mol. The van der Waals surface area contributed by atoms with E-state index >= 15 is 0 Å². The average Bonchev–Trinajstić information content (AvgIpc) is 2.64. The second kappa shape index (κ2) is 6.99. The summed E-state index contributed by atoms with van der Waals surface area (Å²) in [6.45, 7) is 0. The normalized spacial score (nSPS) is 19.6. The van der Waals surface area contributed by atoms with Crippen molar-refractivity contribution in [3.8, 4) is 11.5 Å². The molecule has 28 heavy (non-hydrogen) atoms. The van der Waals surface area contributed by atoms with Gasteiger partial charge in [-0.2, -0.15) is 26.3 Å². The van der Waals surface area contributed by atoms with E-state index in [1.807, 2.05) is 0 Å². The Morgan fingerprint density at radius 1 is 0.821 bits per heavy atom. The van der Waals surface area contributed by atoms with Crippen LogP contribution in [0.5, 0.6) is 11.5 Å². The average molecular weight is 406 g/mol. The van der Waals surface area contributed by atoms with Gasteiger partial charge in [-0.15, -0.1) is 0 Å². The van der Waals surface area contributed by atoms with Gasteiger partial charge in [0.15, 0.2) is 12.2 Å². The molecule has 1 heterocycles. The first-order valence-electron chi connectivity index (χ1n) is 8.06. The molecular formula is C18H16F6N2O2. The van der Waals surface area contributed by atoms with Gasteiger partial charge in [0.25, 0.3) is 0 Å². The number of ether oxygens (including phenoxy) is 2. The molecule has 0 fully saturated rings. The van der Waals surface area contributed by atoms with Crippen LogP contribution in [0.3, 0.4) is 0 Å². The third-order valence-electron chi connectivity index (χ3n) is 4.39. The molecule has 2 aromatic carbocycles. The number of benzene rings is 2. The molecule has 2 aromatic rings. The lowest BCUT2D eigenvalue weighted by atomic mass is 9.96. The maximum atomic E-state index is 14.0. The second-order valence-electron chi connectivity index (χ2n) is 6.09. The second-order valence-corrected chi connectivity index (χ2v) is 6.09. The van der Waals surface area contributed by atoms with Crippen molar-refractivity contribution in [1.29, 1.82) is 0 Å². The zero-order valence-corrected chi connectivity index (χ0v) is 14.7. The molecule has 1 N–H and O–H groups in total. The first kappa shape index (κ1) is 20.0. The highest BCUT2D eigenvalue weighted by molar-refractivity contribution is 5.66. The van der Waals surface area contributed by atoms with E-state index in [0.29, 0.717) is 5.75 Å². The Labute approximate surface area is 156 Å². The highest BCUT2D eigenvalue weighted by atomic mass is 19.4. The predicted octanol–water partition coefficient (Wildman–Crippen LogP) is 5.13. The Bertz CT molecular complexity index is 835. The fourth-order valence-electron chi connectivity index (χ4n) is 3.17. The van der Waals surface area contributed by atoms with Gasteiger partial charge in [0.1, 0.15) is 11.5 Å². The minimum Gasteiger partial charge on any atom is -0.497 e. The summed E-state index contributed by atoms with van der Waals surface area (Å²) in [5.41, 5.74) is -0.871. The number of nitrogens with one attached hydrogen (secondary N) is 1. The van der Waals surface area contributed by atoms with Gasteiger partial charge >= 0.3 is 12.4 Å². The van der Waals surface area contributed by atoms with Crippen molar-refractivity contribution in [1.82, 2.24) is 0 Å². The first-order chi connectivity index (χ1) is 13.1. The Hall–Kier alpha value is -2.78. The Morgan fingerprint density at radius 2 is 1.39 bits per heavy atom. The van der Waals surface area contributed by atoms with E-state index in [1.165, 1.54) is 32.4 Å². The summed E-state index contributed by atoms with van der Waals surface area (Å²) < 4.78 is 93.0. The summed E-state index contributed by atoms with van der Waals surface area (Å²) in [6.07, 6.45) is -12.5. The van der Waals surface area contributed by atoms with Crippen LogP contribution in [0.4, 0.5) is 37.7 Å². The van der Waals surface area contributed by atoms with Gasteiger partial charge < -0.3 is 19.7 Å². The molecule has 0 bridgehead atoms. The fourth-order valence-corrected chi connectivity index (χ4v) is 3.17. The summed E-state index contributed by atoms with van der Waals surface area (Å²) in [5.74, 6) is 0.415. The van der Waals surface area contributed by atoms with Crippen molar-refractivity contribution in [2.24, 2.45) is 0 Å². The van der Waals surface area contributed by atoms with Gasteiger partial charge in [0.05, 0.1) is 14.2 Å². The van der Waals surface area contributed by atoms with Gasteiger partial charge in [0, 0.05) is 16.9 Å². The lowest BCUT2D eigenvalue weighted by Gasteiger charge is -2.46. The predicted molar refractivity (Wildman–Crippen MR) is 90.7 cm³/mol. The van der Waals surface area contributed by atoms with E-state index in [4.69, 9.17) is 9.47 Å². The van der Waals surface area contributed by atoms with E-state index in [0.717, 1.165) is 24.3 Å². The molecule has 0 amide bonds. The fraction of sp³-hybridized carbons (Fsp3) is 0.333. The van der Waals surface area contributed by atoms with Crippen LogP contribution in [0.1, 0.15) is 11.6 Å². The van der Waals surface area contributed by atoms with E-state index in [2.05, 4.69) is 5.32 Å². The van der Waals surface area contributed by atoms with Gasteiger partial charge in [-0.25, -0.2) is 0 Å². The maximum Gasteiger partial charge on any atom is 0.427 e. The summed E-state index contributed by atoms with van der Waals surface area (Å²) in [4.78, 5) is 0.279. The minimum atomic E-state index is -4.98. The number of methoxy groups -OCH3 is 2. The van der Waals surface area contributed by atoms with Crippen LogP contribution >= 0.6 is 0 Å². The van der Waals surface area contributed by atoms with Crippen LogP contribution in [-0.4, -0.2) is 32.7 Å². The molecule has 0 aliphatic carbocycles. The smallest absolute Gasteiger partial charge is 0.427 e. The first-order valence-corrected chi connectivity index (χ1v) is 8.06. The third kappa shape index (κ3) is 3.63. The van der Waals surface area contributed by atoms with Crippen LogP contribution in [0.2, 0.25) is 0 Å².